The maximum Gasteiger partial charge on any atom is 0.0351 e. The monoisotopic (exact) mass is 264 g/mol. The zero-order valence-electron chi connectivity index (χ0n) is 13.5. The Kier molecular flexibility index (Phi) is 3.46. The minimum absolute atomic E-state index is 0.370. The summed E-state index contributed by atoms with van der Waals surface area (Å²) in [6, 6.07) is 0.863. The van der Waals surface area contributed by atoms with Crippen molar-refractivity contribution in [2.45, 2.75) is 59.0 Å². The van der Waals surface area contributed by atoms with Crippen molar-refractivity contribution in [2.24, 2.45) is 23.7 Å². The maximum atomic E-state index is 2.81. The van der Waals surface area contributed by atoms with Crippen molar-refractivity contribution in [1.29, 1.82) is 0 Å². The molecule has 0 N–H and O–H groups in total. The van der Waals surface area contributed by atoms with Crippen molar-refractivity contribution < 1.29 is 0 Å². The fourth-order valence-corrected chi connectivity index (χ4v) is 4.46. The number of fused-ring (bicyclic) bond motifs is 1. The Labute approximate surface area is 119 Å². The summed E-state index contributed by atoms with van der Waals surface area (Å²) >= 11 is 0. The van der Waals surface area contributed by atoms with Crippen LogP contribution in [0.2, 0.25) is 0 Å². The molecule has 2 nitrogen and oxygen atoms in total. The smallest absolute Gasteiger partial charge is 0.0351 e. The van der Waals surface area contributed by atoms with Gasteiger partial charge in [0.1, 0.15) is 0 Å². The SMILES string of the molecule is CC(C)C1C[C@@H]2CN(C3CN(C(C)(C)C)C3)C[C@@H]2C1. The van der Waals surface area contributed by atoms with Crippen LogP contribution in [0.15, 0.2) is 0 Å². The Hall–Kier alpha value is -0.0800. The molecule has 3 atom stereocenters. The Morgan fingerprint density at radius 2 is 1.42 bits per heavy atom. The normalized spacial score (nSPS) is 37.9. The molecule has 3 aliphatic rings. The van der Waals surface area contributed by atoms with Gasteiger partial charge in [-0.05, 0) is 57.3 Å². The van der Waals surface area contributed by atoms with E-state index in [1.54, 1.807) is 0 Å². The van der Waals surface area contributed by atoms with Crippen molar-refractivity contribution in [3.05, 3.63) is 0 Å². The molecule has 1 aliphatic carbocycles. The van der Waals surface area contributed by atoms with Gasteiger partial charge in [-0.3, -0.25) is 9.80 Å². The van der Waals surface area contributed by atoms with Crippen molar-refractivity contribution in [3.63, 3.8) is 0 Å². The van der Waals surface area contributed by atoms with Gasteiger partial charge in [-0.1, -0.05) is 13.8 Å². The first-order valence-electron chi connectivity index (χ1n) is 8.33. The van der Waals surface area contributed by atoms with E-state index in [4.69, 9.17) is 0 Å². The summed E-state index contributed by atoms with van der Waals surface area (Å²) in [4.78, 5) is 5.44. The predicted molar refractivity (Wildman–Crippen MR) is 81.2 cm³/mol. The van der Waals surface area contributed by atoms with E-state index in [0.717, 1.165) is 29.7 Å². The first-order valence-corrected chi connectivity index (χ1v) is 8.33. The molecule has 0 aromatic rings. The van der Waals surface area contributed by atoms with Gasteiger partial charge in [-0.2, -0.15) is 0 Å². The highest BCUT2D eigenvalue weighted by atomic mass is 15.3. The molecule has 19 heavy (non-hydrogen) atoms. The third kappa shape index (κ3) is 2.58. The highest BCUT2D eigenvalue weighted by Crippen LogP contribution is 2.45. The van der Waals surface area contributed by atoms with Crippen molar-refractivity contribution >= 4 is 0 Å². The third-order valence-electron chi connectivity index (χ3n) is 6.09. The first-order chi connectivity index (χ1) is 8.84. The molecule has 1 unspecified atom stereocenters. The van der Waals surface area contributed by atoms with Crippen molar-refractivity contribution in [3.8, 4) is 0 Å². The van der Waals surface area contributed by atoms with E-state index in [0.29, 0.717) is 5.54 Å². The number of hydrogen-bond acceptors (Lipinski definition) is 2. The van der Waals surface area contributed by atoms with Crippen molar-refractivity contribution in [2.75, 3.05) is 26.2 Å². The molecule has 2 heteroatoms. The first kappa shape index (κ1) is 13.9. The molecule has 0 radical (unpaired) electrons. The van der Waals surface area contributed by atoms with Crippen LogP contribution in [0.1, 0.15) is 47.5 Å². The van der Waals surface area contributed by atoms with Crippen LogP contribution in [0, 0.1) is 23.7 Å². The molecule has 2 heterocycles. The largest absolute Gasteiger partial charge is 0.297 e. The second-order valence-electron chi connectivity index (χ2n) is 8.68. The number of rotatable bonds is 2. The average molecular weight is 264 g/mol. The second kappa shape index (κ2) is 4.73. The maximum absolute atomic E-state index is 2.81. The van der Waals surface area contributed by atoms with Gasteiger partial charge in [0.25, 0.3) is 0 Å². The minimum Gasteiger partial charge on any atom is -0.297 e. The van der Waals surface area contributed by atoms with Crippen LogP contribution in [0.4, 0.5) is 0 Å². The van der Waals surface area contributed by atoms with E-state index in [9.17, 15) is 0 Å². The number of hydrogen-bond donors (Lipinski definition) is 0. The Bertz CT molecular complexity index is 311. The predicted octanol–water partition coefficient (Wildman–Crippen LogP) is 3.08. The third-order valence-corrected chi connectivity index (χ3v) is 6.09. The van der Waals surface area contributed by atoms with Crippen LogP contribution in [-0.2, 0) is 0 Å². The highest BCUT2D eigenvalue weighted by Gasteiger charge is 2.46. The lowest BCUT2D eigenvalue weighted by molar-refractivity contribution is -0.0169. The van der Waals surface area contributed by atoms with Gasteiger partial charge in [0.15, 0.2) is 0 Å². The topological polar surface area (TPSA) is 6.48 Å². The van der Waals surface area contributed by atoms with Crippen molar-refractivity contribution in [1.82, 2.24) is 9.80 Å². The van der Waals surface area contributed by atoms with Crippen LogP contribution in [-0.4, -0.2) is 47.6 Å². The van der Waals surface area contributed by atoms with Gasteiger partial charge in [0.2, 0.25) is 0 Å². The Morgan fingerprint density at radius 3 is 1.84 bits per heavy atom. The van der Waals surface area contributed by atoms with E-state index < -0.39 is 0 Å². The number of likely N-dealkylation sites (tertiary alicyclic amines) is 2. The lowest BCUT2D eigenvalue weighted by Gasteiger charge is -2.51. The standard InChI is InChI=1S/C17H32N2/c1-12(2)13-6-14-8-18(9-15(14)7-13)16-10-19(11-16)17(3,4)5/h12-16H,6-11H2,1-5H3/t13?,14-,15+. The summed E-state index contributed by atoms with van der Waals surface area (Å²) in [6.07, 6.45) is 3.02. The van der Waals surface area contributed by atoms with Gasteiger partial charge in [0.05, 0.1) is 0 Å². The lowest BCUT2D eigenvalue weighted by atomic mass is 9.92. The summed E-state index contributed by atoms with van der Waals surface area (Å²) in [5, 5.41) is 0. The van der Waals surface area contributed by atoms with Crippen LogP contribution in [0.3, 0.4) is 0 Å². The fraction of sp³-hybridized carbons (Fsp3) is 1.00. The molecular formula is C17H32N2. The summed E-state index contributed by atoms with van der Waals surface area (Å²) in [5.74, 6) is 3.97. The van der Waals surface area contributed by atoms with E-state index >= 15 is 0 Å². The summed E-state index contributed by atoms with van der Waals surface area (Å²) < 4.78 is 0. The highest BCUT2D eigenvalue weighted by molar-refractivity contribution is 5.00. The molecule has 110 valence electrons. The molecule has 0 amide bonds. The lowest BCUT2D eigenvalue weighted by Crippen LogP contribution is -2.64. The zero-order valence-corrected chi connectivity index (χ0v) is 13.5. The second-order valence-corrected chi connectivity index (χ2v) is 8.68. The van der Waals surface area contributed by atoms with Crippen LogP contribution >= 0.6 is 0 Å². The Morgan fingerprint density at radius 1 is 0.895 bits per heavy atom. The molecule has 3 rings (SSSR count). The van der Waals surface area contributed by atoms with Crippen LogP contribution in [0.5, 0.6) is 0 Å². The molecule has 0 spiro atoms. The molecule has 0 bridgehead atoms. The minimum atomic E-state index is 0.370. The number of nitrogens with zero attached hydrogens (tertiary/aromatic N) is 2. The van der Waals surface area contributed by atoms with Crippen LogP contribution < -0.4 is 0 Å². The summed E-state index contributed by atoms with van der Waals surface area (Å²) in [6.45, 7) is 17.3. The molecule has 0 aromatic heterocycles. The summed E-state index contributed by atoms with van der Waals surface area (Å²) in [7, 11) is 0. The molecule has 3 fully saturated rings. The van der Waals surface area contributed by atoms with E-state index in [1.807, 2.05) is 0 Å². The quantitative estimate of drug-likeness (QED) is 0.756. The molecular weight excluding hydrogens is 232 g/mol. The van der Waals surface area contributed by atoms with Gasteiger partial charge in [-0.15, -0.1) is 0 Å². The van der Waals surface area contributed by atoms with Gasteiger partial charge < -0.3 is 0 Å². The molecule has 2 aliphatic heterocycles. The zero-order chi connectivity index (χ0) is 13.8. The van der Waals surface area contributed by atoms with E-state index in [1.165, 1.54) is 39.0 Å². The molecule has 1 saturated carbocycles. The fourth-order valence-electron chi connectivity index (χ4n) is 4.46. The van der Waals surface area contributed by atoms with E-state index in [-0.39, 0.29) is 0 Å². The van der Waals surface area contributed by atoms with Gasteiger partial charge in [0, 0.05) is 37.8 Å². The van der Waals surface area contributed by atoms with Gasteiger partial charge in [-0.25, -0.2) is 0 Å². The van der Waals surface area contributed by atoms with Crippen LogP contribution in [0.25, 0.3) is 0 Å². The van der Waals surface area contributed by atoms with E-state index in [2.05, 4.69) is 44.4 Å². The Balaban J connectivity index is 1.48. The molecule has 2 saturated heterocycles. The summed E-state index contributed by atoms with van der Waals surface area (Å²) in [5.41, 5.74) is 0.370. The average Bonchev–Trinajstić information content (AvgIpc) is 2.69. The molecule has 0 aromatic carbocycles. The van der Waals surface area contributed by atoms with Gasteiger partial charge >= 0.3 is 0 Å².